The Morgan fingerprint density at radius 1 is 1.35 bits per heavy atom. The van der Waals surface area contributed by atoms with Crippen LogP contribution in [0.2, 0.25) is 0 Å². The lowest BCUT2D eigenvalue weighted by atomic mass is 9.97. The fraction of sp³-hybridized carbons (Fsp3) is 0.526. The van der Waals surface area contributed by atoms with Gasteiger partial charge in [-0.15, -0.1) is 0 Å². The van der Waals surface area contributed by atoms with E-state index < -0.39 is 10.0 Å². The molecule has 7 heteroatoms. The summed E-state index contributed by atoms with van der Waals surface area (Å²) in [4.78, 5) is 13.6. The number of ether oxygens (including phenoxy) is 1. The third-order valence-electron chi connectivity index (χ3n) is 4.80. The Morgan fingerprint density at radius 2 is 2.15 bits per heavy atom. The van der Waals surface area contributed by atoms with E-state index in [2.05, 4.69) is 10.8 Å². The van der Waals surface area contributed by atoms with Crippen LogP contribution in [-0.2, 0) is 14.8 Å². The standard InChI is InChI=1S/C19H26N2O4S/c1-14-13-21(15(2)22)18-12-17(8-9-19(18)25-14)26(23,24)20-11-10-16-6-4-3-5-7-16/h6,8-9,12,14,20H,3-5,7,10-11,13H2,1-2H3. The van der Waals surface area contributed by atoms with Crippen LogP contribution in [0.5, 0.6) is 5.75 Å². The Balaban J connectivity index is 1.74. The van der Waals surface area contributed by atoms with Crippen molar-refractivity contribution in [3.8, 4) is 5.75 Å². The van der Waals surface area contributed by atoms with Gasteiger partial charge in [-0.05, 0) is 57.2 Å². The van der Waals surface area contributed by atoms with Crippen molar-refractivity contribution in [2.24, 2.45) is 0 Å². The quantitative estimate of drug-likeness (QED) is 0.799. The summed E-state index contributed by atoms with van der Waals surface area (Å²) in [7, 11) is -3.63. The predicted molar refractivity (Wildman–Crippen MR) is 101 cm³/mol. The molecular formula is C19H26N2O4S. The van der Waals surface area contributed by atoms with Crippen LogP contribution >= 0.6 is 0 Å². The molecule has 1 amide bonds. The molecule has 142 valence electrons. The minimum Gasteiger partial charge on any atom is -0.487 e. The zero-order valence-corrected chi connectivity index (χ0v) is 16.1. The number of nitrogens with zero attached hydrogens (tertiary/aromatic N) is 1. The topological polar surface area (TPSA) is 75.7 Å². The highest BCUT2D eigenvalue weighted by atomic mass is 32.2. The van der Waals surface area contributed by atoms with Gasteiger partial charge < -0.3 is 9.64 Å². The highest BCUT2D eigenvalue weighted by Gasteiger charge is 2.27. The molecule has 1 aliphatic carbocycles. The van der Waals surface area contributed by atoms with E-state index in [9.17, 15) is 13.2 Å². The molecule has 0 aromatic heterocycles. The number of carbonyl (C=O) groups is 1. The van der Waals surface area contributed by atoms with E-state index in [1.165, 1.54) is 37.5 Å². The van der Waals surface area contributed by atoms with Crippen molar-refractivity contribution < 1.29 is 17.9 Å². The number of allylic oxidation sites excluding steroid dienone is 1. The van der Waals surface area contributed by atoms with Gasteiger partial charge >= 0.3 is 0 Å². The summed E-state index contributed by atoms with van der Waals surface area (Å²) in [5.74, 6) is 0.401. The second-order valence-electron chi connectivity index (χ2n) is 6.94. The summed E-state index contributed by atoms with van der Waals surface area (Å²) < 4.78 is 33.6. The third kappa shape index (κ3) is 4.27. The number of sulfonamides is 1. The van der Waals surface area contributed by atoms with E-state index in [-0.39, 0.29) is 16.9 Å². The molecule has 1 N–H and O–H groups in total. The molecule has 0 bridgehead atoms. The molecule has 0 saturated heterocycles. The molecule has 0 saturated carbocycles. The van der Waals surface area contributed by atoms with Crippen molar-refractivity contribution >= 4 is 21.6 Å². The molecule has 1 unspecified atom stereocenters. The summed E-state index contributed by atoms with van der Waals surface area (Å²) in [5.41, 5.74) is 1.84. The van der Waals surface area contributed by atoms with E-state index in [1.54, 1.807) is 11.0 Å². The molecule has 1 heterocycles. The third-order valence-corrected chi connectivity index (χ3v) is 6.26. The predicted octanol–water partition coefficient (Wildman–Crippen LogP) is 2.99. The molecule has 0 spiro atoms. The zero-order valence-electron chi connectivity index (χ0n) is 15.3. The lowest BCUT2D eigenvalue weighted by Crippen LogP contribution is -2.41. The average Bonchev–Trinajstić information content (AvgIpc) is 2.61. The largest absolute Gasteiger partial charge is 0.487 e. The molecule has 1 atom stereocenters. The van der Waals surface area contributed by atoms with Gasteiger partial charge in [-0.25, -0.2) is 13.1 Å². The second kappa shape index (κ2) is 7.80. The number of anilines is 1. The number of carbonyl (C=O) groups excluding carboxylic acids is 1. The van der Waals surface area contributed by atoms with E-state index in [1.807, 2.05) is 6.92 Å². The Labute approximate surface area is 155 Å². The maximum Gasteiger partial charge on any atom is 0.240 e. The highest BCUT2D eigenvalue weighted by molar-refractivity contribution is 7.89. The fourth-order valence-corrected chi connectivity index (χ4v) is 4.50. The molecule has 6 nitrogen and oxygen atoms in total. The van der Waals surface area contributed by atoms with Gasteiger partial charge in [0, 0.05) is 13.5 Å². The Kier molecular flexibility index (Phi) is 5.67. The van der Waals surface area contributed by atoms with Gasteiger partial charge in [-0.3, -0.25) is 4.79 Å². The van der Waals surface area contributed by atoms with E-state index in [4.69, 9.17) is 4.74 Å². The van der Waals surface area contributed by atoms with Crippen LogP contribution in [0.1, 0.15) is 46.0 Å². The number of benzene rings is 1. The second-order valence-corrected chi connectivity index (χ2v) is 8.71. The highest BCUT2D eigenvalue weighted by Crippen LogP contribution is 2.35. The first-order valence-electron chi connectivity index (χ1n) is 9.13. The van der Waals surface area contributed by atoms with Gasteiger partial charge in [-0.1, -0.05) is 11.6 Å². The Hall–Kier alpha value is -1.86. The van der Waals surface area contributed by atoms with Gasteiger partial charge in [-0.2, -0.15) is 0 Å². The average molecular weight is 378 g/mol. The molecule has 0 fully saturated rings. The molecular weight excluding hydrogens is 352 g/mol. The van der Waals surface area contributed by atoms with Crippen molar-refractivity contribution in [1.82, 2.24) is 4.72 Å². The number of rotatable bonds is 5. The van der Waals surface area contributed by atoms with Crippen LogP contribution < -0.4 is 14.4 Å². The fourth-order valence-electron chi connectivity index (χ4n) is 3.44. The molecule has 2 aliphatic rings. The number of nitrogens with one attached hydrogen (secondary N) is 1. The summed E-state index contributed by atoms with van der Waals surface area (Å²) in [5, 5.41) is 0. The van der Waals surface area contributed by atoms with Crippen LogP contribution in [0.3, 0.4) is 0 Å². The molecule has 1 aromatic rings. The van der Waals surface area contributed by atoms with Crippen molar-refractivity contribution in [1.29, 1.82) is 0 Å². The monoisotopic (exact) mass is 378 g/mol. The first-order valence-corrected chi connectivity index (χ1v) is 10.6. The van der Waals surface area contributed by atoms with Gasteiger partial charge in [0.15, 0.2) is 0 Å². The van der Waals surface area contributed by atoms with Crippen molar-refractivity contribution in [2.45, 2.75) is 57.0 Å². The molecule has 3 rings (SSSR count). The van der Waals surface area contributed by atoms with Crippen LogP contribution in [0, 0.1) is 0 Å². The van der Waals surface area contributed by atoms with E-state index in [0.717, 1.165) is 19.3 Å². The molecule has 26 heavy (non-hydrogen) atoms. The lowest BCUT2D eigenvalue weighted by Gasteiger charge is -2.33. The first kappa shape index (κ1) is 18.9. The molecule has 1 aliphatic heterocycles. The van der Waals surface area contributed by atoms with Crippen molar-refractivity contribution in [2.75, 3.05) is 18.0 Å². The van der Waals surface area contributed by atoms with Crippen LogP contribution in [0.15, 0.2) is 34.7 Å². The van der Waals surface area contributed by atoms with Crippen molar-refractivity contribution in [3.05, 3.63) is 29.8 Å². The van der Waals surface area contributed by atoms with Gasteiger partial charge in [0.25, 0.3) is 0 Å². The smallest absolute Gasteiger partial charge is 0.240 e. The minimum absolute atomic E-state index is 0.129. The van der Waals surface area contributed by atoms with Crippen molar-refractivity contribution in [3.63, 3.8) is 0 Å². The zero-order chi connectivity index (χ0) is 18.7. The number of hydrogen-bond acceptors (Lipinski definition) is 4. The Bertz CT molecular complexity index is 817. The Morgan fingerprint density at radius 3 is 2.85 bits per heavy atom. The first-order chi connectivity index (χ1) is 12.4. The normalized spacial score (nSPS) is 20.2. The van der Waals surface area contributed by atoms with Gasteiger partial charge in [0.1, 0.15) is 11.9 Å². The van der Waals surface area contributed by atoms with Gasteiger partial charge in [0.2, 0.25) is 15.9 Å². The molecule has 1 aromatic carbocycles. The van der Waals surface area contributed by atoms with Crippen LogP contribution in [0.25, 0.3) is 0 Å². The maximum atomic E-state index is 12.6. The lowest BCUT2D eigenvalue weighted by molar-refractivity contribution is -0.117. The van der Waals surface area contributed by atoms with Crippen LogP contribution in [0.4, 0.5) is 5.69 Å². The van der Waals surface area contributed by atoms with Gasteiger partial charge in [0.05, 0.1) is 17.1 Å². The summed E-state index contributed by atoms with van der Waals surface area (Å²) in [6.45, 7) is 4.15. The minimum atomic E-state index is -3.63. The SMILES string of the molecule is CC(=O)N1CC(C)Oc2ccc(S(=O)(=O)NCCC3=CCCCC3)cc21. The number of hydrogen-bond donors (Lipinski definition) is 1. The number of amides is 1. The maximum absolute atomic E-state index is 12.6. The summed E-state index contributed by atoms with van der Waals surface area (Å²) in [6, 6.07) is 4.67. The summed E-state index contributed by atoms with van der Waals surface area (Å²) >= 11 is 0. The molecule has 0 radical (unpaired) electrons. The van der Waals surface area contributed by atoms with E-state index >= 15 is 0 Å². The number of fused-ring (bicyclic) bond motifs is 1. The van der Waals surface area contributed by atoms with Crippen LogP contribution in [-0.4, -0.2) is 33.5 Å². The summed E-state index contributed by atoms with van der Waals surface area (Å²) in [6.07, 6.45) is 7.39. The van der Waals surface area contributed by atoms with E-state index in [0.29, 0.717) is 24.5 Å².